The molecule has 0 spiro atoms. The second kappa shape index (κ2) is 8.88. The zero-order valence-corrected chi connectivity index (χ0v) is 20.0. The van der Waals surface area contributed by atoms with Crippen molar-refractivity contribution in [2.24, 2.45) is 0 Å². The Labute approximate surface area is 188 Å². The lowest BCUT2D eigenvalue weighted by molar-refractivity contribution is 1.68. The second-order valence-electron chi connectivity index (χ2n) is 8.10. The van der Waals surface area contributed by atoms with Crippen LogP contribution < -0.4 is 25.9 Å². The Balaban J connectivity index is 1.97. The normalized spacial score (nSPS) is 13.2. The Bertz CT molecular complexity index is 1130. The minimum Gasteiger partial charge on any atom is -0.106 e. The molecule has 1 unspecified atom stereocenters. The molecular weight excluding hydrogens is 404 g/mol. The van der Waals surface area contributed by atoms with E-state index in [4.69, 9.17) is 0 Å². The second-order valence-corrected chi connectivity index (χ2v) is 15.8. The van der Waals surface area contributed by atoms with Gasteiger partial charge in [0.2, 0.25) is 0 Å². The first kappa shape index (κ1) is 21.0. The summed E-state index contributed by atoms with van der Waals surface area (Å²) in [4.78, 5) is 0. The van der Waals surface area contributed by atoms with Crippen LogP contribution >= 0.6 is 0 Å². The number of rotatable bonds is 7. The molecule has 2 heteroatoms. The van der Waals surface area contributed by atoms with Crippen molar-refractivity contribution < 1.29 is 0 Å². The van der Waals surface area contributed by atoms with Crippen molar-refractivity contribution in [2.75, 3.05) is 0 Å². The lowest BCUT2D eigenvalue weighted by Crippen LogP contribution is -2.67. The van der Waals surface area contributed by atoms with E-state index in [1.807, 2.05) is 0 Å². The van der Waals surface area contributed by atoms with Gasteiger partial charge in [0.05, 0.1) is 0 Å². The smallest absolute Gasteiger partial charge is 0.106 e. The average Bonchev–Trinajstić information content (AvgIpc) is 2.86. The van der Waals surface area contributed by atoms with E-state index < -0.39 is 16.1 Å². The van der Waals surface area contributed by atoms with E-state index in [9.17, 15) is 0 Å². The van der Waals surface area contributed by atoms with Crippen molar-refractivity contribution in [1.29, 1.82) is 0 Å². The first-order valence-electron chi connectivity index (χ1n) is 10.7. The third-order valence-electron chi connectivity index (χ3n) is 6.46. The molecule has 0 aliphatic heterocycles. The molecule has 0 nitrogen and oxygen atoms in total. The summed E-state index contributed by atoms with van der Waals surface area (Å²) in [5.74, 6) is 0. The highest BCUT2D eigenvalue weighted by Gasteiger charge is 2.37. The summed E-state index contributed by atoms with van der Waals surface area (Å²) < 4.78 is 0. The van der Waals surface area contributed by atoms with Crippen LogP contribution in [0.1, 0.15) is 0 Å². The van der Waals surface area contributed by atoms with Gasteiger partial charge in [-0.15, -0.1) is 13.2 Å². The topological polar surface area (TPSA) is 0 Å². The molecule has 4 rings (SSSR count). The van der Waals surface area contributed by atoms with Crippen LogP contribution in [0.15, 0.2) is 140 Å². The van der Waals surface area contributed by atoms with Crippen LogP contribution in [0, 0.1) is 0 Å². The highest BCUT2D eigenvalue weighted by atomic mass is 28.3. The third-order valence-corrected chi connectivity index (χ3v) is 14.6. The molecule has 0 aromatic heterocycles. The molecule has 0 bridgehead atoms. The molecule has 0 amide bonds. The van der Waals surface area contributed by atoms with E-state index in [0.717, 1.165) is 0 Å². The van der Waals surface area contributed by atoms with Gasteiger partial charge in [0.1, 0.15) is 8.07 Å². The van der Waals surface area contributed by atoms with Gasteiger partial charge < -0.3 is 0 Å². The minimum atomic E-state index is -2.37. The molecule has 0 aliphatic rings. The van der Waals surface area contributed by atoms with Gasteiger partial charge in [-0.2, -0.15) is 0 Å². The SMILES string of the molecule is C=C[Si](C)(c1ccccc1)c1cccc([Si](C=C)(c2ccccc2)c2ccccc2)c1. The van der Waals surface area contributed by atoms with Crippen LogP contribution in [-0.2, 0) is 0 Å². The Hall–Kier alpha value is -3.21. The maximum atomic E-state index is 4.39. The summed E-state index contributed by atoms with van der Waals surface area (Å²) in [6.07, 6.45) is 0. The van der Waals surface area contributed by atoms with Crippen LogP contribution in [-0.4, -0.2) is 16.1 Å². The molecule has 0 aliphatic carbocycles. The van der Waals surface area contributed by atoms with Crippen molar-refractivity contribution in [3.63, 3.8) is 0 Å². The molecule has 4 aromatic carbocycles. The van der Waals surface area contributed by atoms with Gasteiger partial charge in [-0.05, 0) is 15.6 Å². The van der Waals surface area contributed by atoms with Gasteiger partial charge in [-0.25, -0.2) is 0 Å². The number of hydrogen-bond acceptors (Lipinski definition) is 0. The maximum absolute atomic E-state index is 4.39. The van der Waals surface area contributed by atoms with Gasteiger partial charge in [0, 0.05) is 0 Å². The van der Waals surface area contributed by atoms with E-state index in [-0.39, 0.29) is 0 Å². The molecule has 0 radical (unpaired) electrons. The lowest BCUT2D eigenvalue weighted by Gasteiger charge is -2.32. The molecule has 31 heavy (non-hydrogen) atoms. The molecule has 0 saturated carbocycles. The van der Waals surface area contributed by atoms with Gasteiger partial charge in [-0.3, -0.25) is 0 Å². The van der Waals surface area contributed by atoms with E-state index in [0.29, 0.717) is 0 Å². The van der Waals surface area contributed by atoms with Gasteiger partial charge in [0.15, 0.2) is 8.07 Å². The van der Waals surface area contributed by atoms with Crippen molar-refractivity contribution in [2.45, 2.75) is 6.55 Å². The predicted octanol–water partition coefficient (Wildman–Crippen LogP) is 3.80. The summed E-state index contributed by atoms with van der Waals surface area (Å²) in [6.45, 7) is 11.0. The van der Waals surface area contributed by atoms with Crippen molar-refractivity contribution in [3.8, 4) is 0 Å². The maximum Gasteiger partial charge on any atom is 0.171 e. The summed E-state index contributed by atoms with van der Waals surface area (Å²) in [7, 11) is -4.42. The third kappa shape index (κ3) is 3.69. The lowest BCUT2D eigenvalue weighted by atomic mass is 10.3. The average molecular weight is 433 g/mol. The largest absolute Gasteiger partial charge is 0.171 e. The van der Waals surface area contributed by atoms with E-state index in [1.54, 1.807) is 0 Å². The van der Waals surface area contributed by atoms with E-state index >= 15 is 0 Å². The molecule has 0 N–H and O–H groups in total. The van der Waals surface area contributed by atoms with Crippen molar-refractivity contribution in [1.82, 2.24) is 0 Å². The molecule has 4 aromatic rings. The van der Waals surface area contributed by atoms with Crippen LogP contribution in [0.4, 0.5) is 0 Å². The van der Waals surface area contributed by atoms with Gasteiger partial charge in [0.25, 0.3) is 0 Å². The Morgan fingerprint density at radius 2 is 0.903 bits per heavy atom. The molecule has 0 heterocycles. The molecular formula is C29H28Si2. The summed E-state index contributed by atoms with van der Waals surface area (Å²) in [5, 5.41) is 6.85. The van der Waals surface area contributed by atoms with Crippen molar-refractivity contribution in [3.05, 3.63) is 140 Å². The Kier molecular flexibility index (Phi) is 6.03. The number of hydrogen-bond donors (Lipinski definition) is 0. The zero-order valence-electron chi connectivity index (χ0n) is 18.0. The van der Waals surface area contributed by atoms with Gasteiger partial charge >= 0.3 is 0 Å². The first-order valence-corrected chi connectivity index (χ1v) is 15.4. The highest BCUT2D eigenvalue weighted by Crippen LogP contribution is 2.11. The van der Waals surface area contributed by atoms with E-state index in [1.165, 1.54) is 25.9 Å². The van der Waals surface area contributed by atoms with Crippen molar-refractivity contribution >= 4 is 42.1 Å². The summed E-state index contributed by atoms with van der Waals surface area (Å²) in [5.41, 5.74) is 4.43. The quantitative estimate of drug-likeness (QED) is 0.308. The fourth-order valence-electron chi connectivity index (χ4n) is 4.53. The minimum absolute atomic E-state index is 1.36. The molecule has 0 fully saturated rings. The zero-order chi connectivity index (χ0) is 21.7. The van der Waals surface area contributed by atoms with Gasteiger partial charge in [-0.1, -0.05) is 144 Å². The fourth-order valence-corrected chi connectivity index (χ4v) is 11.1. The molecule has 152 valence electrons. The first-order chi connectivity index (χ1) is 15.1. The Morgan fingerprint density at radius 3 is 1.35 bits per heavy atom. The monoisotopic (exact) mass is 432 g/mol. The van der Waals surface area contributed by atoms with Crippen LogP contribution in [0.3, 0.4) is 0 Å². The molecule has 1 atom stereocenters. The van der Waals surface area contributed by atoms with Crippen LogP contribution in [0.25, 0.3) is 0 Å². The predicted molar refractivity (Wildman–Crippen MR) is 142 cm³/mol. The summed E-state index contributed by atoms with van der Waals surface area (Å²) >= 11 is 0. The fraction of sp³-hybridized carbons (Fsp3) is 0.0345. The molecule has 0 saturated heterocycles. The summed E-state index contributed by atoms with van der Waals surface area (Å²) in [6, 6.07) is 41.8. The number of benzene rings is 4. The van der Waals surface area contributed by atoms with E-state index in [2.05, 4.69) is 146 Å². The van der Waals surface area contributed by atoms with Crippen LogP contribution in [0.2, 0.25) is 6.55 Å². The highest BCUT2D eigenvalue weighted by molar-refractivity contribution is 7.15. The van der Waals surface area contributed by atoms with Crippen LogP contribution in [0.5, 0.6) is 0 Å². The Morgan fingerprint density at radius 1 is 0.484 bits per heavy atom. The standard InChI is InChI=1S/C29H28Si2/c1-4-30(3,25-16-9-6-10-17-25)28-22-15-23-29(24-28)31(5-2,26-18-11-7-12-19-26)27-20-13-8-14-21-27/h4-24H,1-2H2,3H3.